The van der Waals surface area contributed by atoms with Gasteiger partial charge in [-0.25, -0.2) is 26.4 Å². The number of hydrogen-bond donors (Lipinski definition) is 2. The lowest BCUT2D eigenvalue weighted by atomic mass is 10.3. The number of anilines is 1. The summed E-state index contributed by atoms with van der Waals surface area (Å²) in [7, 11) is -6.46. The zero-order valence-corrected chi connectivity index (χ0v) is 16.1. The highest BCUT2D eigenvalue weighted by Crippen LogP contribution is 2.26. The second kappa shape index (κ2) is 6.99. The van der Waals surface area contributed by atoms with E-state index in [9.17, 15) is 21.6 Å². The number of thiophene rings is 1. The molecule has 8 nitrogen and oxygen atoms in total. The van der Waals surface area contributed by atoms with Gasteiger partial charge in [-0.15, -0.1) is 11.3 Å². The van der Waals surface area contributed by atoms with Gasteiger partial charge in [0.05, 0.1) is 12.0 Å². The summed E-state index contributed by atoms with van der Waals surface area (Å²) in [5.74, 6) is -0.743. The van der Waals surface area contributed by atoms with Gasteiger partial charge in [0.1, 0.15) is 9.77 Å². The first kappa shape index (κ1) is 18.8. The highest BCUT2D eigenvalue weighted by atomic mass is 32.2. The van der Waals surface area contributed by atoms with Crippen LogP contribution in [0.1, 0.15) is 22.5 Å². The zero-order chi connectivity index (χ0) is 18.9. The van der Waals surface area contributed by atoms with Crippen molar-refractivity contribution in [2.24, 2.45) is 0 Å². The molecule has 11 heteroatoms. The quantitative estimate of drug-likeness (QED) is 0.664. The molecule has 0 amide bonds. The summed E-state index contributed by atoms with van der Waals surface area (Å²) in [4.78, 5) is 11.5. The largest absolute Gasteiger partial charge is 0.465 e. The van der Waals surface area contributed by atoms with Crippen molar-refractivity contribution >= 4 is 43.0 Å². The van der Waals surface area contributed by atoms with E-state index >= 15 is 0 Å². The Morgan fingerprint density at radius 3 is 2.31 bits per heavy atom. The smallest absolute Gasteiger partial charge is 0.349 e. The molecule has 2 N–H and O–H groups in total. The summed E-state index contributed by atoms with van der Waals surface area (Å²) < 4.78 is 58.7. The van der Waals surface area contributed by atoms with Crippen LogP contribution >= 0.6 is 11.3 Å². The number of rotatable bonds is 7. The minimum absolute atomic E-state index is 0.0199. The van der Waals surface area contributed by atoms with Crippen molar-refractivity contribution in [1.29, 1.82) is 0 Å². The first-order chi connectivity index (χ1) is 12.2. The van der Waals surface area contributed by atoms with Crippen molar-refractivity contribution in [3.05, 3.63) is 40.6 Å². The molecule has 0 bridgehead atoms. The maximum absolute atomic E-state index is 12.5. The molecule has 1 fully saturated rings. The topological polar surface area (TPSA) is 119 Å². The number of benzene rings is 1. The van der Waals surface area contributed by atoms with E-state index in [1.807, 2.05) is 0 Å². The Balaban J connectivity index is 1.80. The molecule has 1 saturated carbocycles. The molecule has 0 spiro atoms. The molecular formula is C15H16N2O6S3. The predicted molar refractivity (Wildman–Crippen MR) is 96.3 cm³/mol. The van der Waals surface area contributed by atoms with Gasteiger partial charge in [0.25, 0.3) is 10.0 Å². The van der Waals surface area contributed by atoms with Crippen LogP contribution in [0.5, 0.6) is 0 Å². The Morgan fingerprint density at radius 2 is 1.73 bits per heavy atom. The number of carbonyl (C=O) groups is 1. The number of methoxy groups -OCH3 is 1. The summed E-state index contributed by atoms with van der Waals surface area (Å²) >= 11 is 0.956. The zero-order valence-electron chi connectivity index (χ0n) is 13.6. The maximum atomic E-state index is 12.5. The average molecular weight is 417 g/mol. The van der Waals surface area contributed by atoms with Crippen LogP contribution < -0.4 is 9.44 Å². The third-order valence-corrected chi connectivity index (χ3v) is 7.59. The average Bonchev–Trinajstić information content (AvgIpc) is 3.24. The molecule has 1 aliphatic carbocycles. The van der Waals surface area contributed by atoms with Crippen LogP contribution in [0, 0.1) is 0 Å². The normalized spacial score (nSPS) is 14.8. The molecule has 0 saturated heterocycles. The SMILES string of the molecule is COC(=O)c1sccc1S(=O)(=O)Nc1ccc(S(=O)(=O)NC2CC2)cc1. The van der Waals surface area contributed by atoms with E-state index in [0.29, 0.717) is 0 Å². The van der Waals surface area contributed by atoms with Gasteiger partial charge >= 0.3 is 5.97 Å². The van der Waals surface area contributed by atoms with E-state index in [1.165, 1.54) is 42.8 Å². The molecule has 0 unspecified atom stereocenters. The summed E-state index contributed by atoms with van der Waals surface area (Å²) in [6, 6.07) is 6.62. The van der Waals surface area contributed by atoms with Crippen molar-refractivity contribution in [3.8, 4) is 0 Å². The fourth-order valence-electron chi connectivity index (χ4n) is 2.15. The van der Waals surface area contributed by atoms with Crippen molar-refractivity contribution in [3.63, 3.8) is 0 Å². The number of sulfonamides is 2. The Kier molecular flexibility index (Phi) is 5.06. The second-order valence-electron chi connectivity index (χ2n) is 5.63. The third kappa shape index (κ3) is 4.06. The van der Waals surface area contributed by atoms with Crippen molar-refractivity contribution in [2.45, 2.75) is 28.7 Å². The van der Waals surface area contributed by atoms with Crippen LogP contribution in [0.3, 0.4) is 0 Å². The lowest BCUT2D eigenvalue weighted by Gasteiger charge is -2.10. The fourth-order valence-corrected chi connectivity index (χ4v) is 5.85. The molecule has 0 radical (unpaired) electrons. The summed E-state index contributed by atoms with van der Waals surface area (Å²) in [5, 5.41) is 1.47. The molecule has 1 aromatic carbocycles. The summed E-state index contributed by atoms with van der Waals surface area (Å²) in [5.41, 5.74) is 0.178. The Hall–Kier alpha value is -1.95. The van der Waals surface area contributed by atoms with Crippen molar-refractivity contribution in [1.82, 2.24) is 4.72 Å². The third-order valence-electron chi connectivity index (χ3n) is 3.61. The van der Waals surface area contributed by atoms with E-state index in [4.69, 9.17) is 0 Å². The van der Waals surface area contributed by atoms with E-state index in [-0.39, 0.29) is 26.4 Å². The molecule has 2 aromatic rings. The van der Waals surface area contributed by atoms with E-state index in [0.717, 1.165) is 24.2 Å². The molecule has 1 aromatic heterocycles. The first-order valence-electron chi connectivity index (χ1n) is 7.54. The first-order valence-corrected chi connectivity index (χ1v) is 11.4. The number of nitrogens with one attached hydrogen (secondary N) is 2. The van der Waals surface area contributed by atoms with Gasteiger partial charge in [0.2, 0.25) is 10.0 Å². The fraction of sp³-hybridized carbons (Fsp3) is 0.267. The van der Waals surface area contributed by atoms with Crippen molar-refractivity contribution < 1.29 is 26.4 Å². The Bertz CT molecular complexity index is 1020. The number of hydrogen-bond acceptors (Lipinski definition) is 7. The Morgan fingerprint density at radius 1 is 1.08 bits per heavy atom. The van der Waals surface area contributed by atoms with Gasteiger partial charge < -0.3 is 4.74 Å². The molecule has 1 aliphatic rings. The minimum Gasteiger partial charge on any atom is -0.465 e. The monoisotopic (exact) mass is 416 g/mol. The van der Waals surface area contributed by atoms with E-state index in [2.05, 4.69) is 14.2 Å². The van der Waals surface area contributed by atoms with Gasteiger partial charge in [-0.2, -0.15) is 0 Å². The molecule has 1 heterocycles. The molecule has 0 aliphatic heterocycles. The Labute approximate surface area is 155 Å². The summed E-state index contributed by atoms with van der Waals surface area (Å²) in [6.07, 6.45) is 1.64. The number of ether oxygens (including phenoxy) is 1. The number of esters is 1. The van der Waals surface area contributed by atoms with E-state index < -0.39 is 26.0 Å². The molecule has 140 valence electrons. The van der Waals surface area contributed by atoms with Gasteiger partial charge in [-0.3, -0.25) is 4.72 Å². The van der Waals surface area contributed by atoms with Crippen molar-refractivity contribution in [2.75, 3.05) is 11.8 Å². The molecular weight excluding hydrogens is 400 g/mol. The van der Waals surface area contributed by atoms with Gasteiger partial charge in [0.15, 0.2) is 0 Å². The molecule has 3 rings (SSSR count). The van der Waals surface area contributed by atoms with Crippen LogP contribution in [0.4, 0.5) is 5.69 Å². The highest BCUT2D eigenvalue weighted by molar-refractivity contribution is 7.93. The standard InChI is InChI=1S/C15H16N2O6S3/c1-23-15(18)14-13(8-9-24-14)26(21,22)17-11-4-6-12(7-5-11)25(19,20)16-10-2-3-10/h4-10,16-17H,2-3H2,1H3. The lowest BCUT2D eigenvalue weighted by molar-refractivity contribution is 0.0602. The second-order valence-corrected chi connectivity index (χ2v) is 9.91. The van der Waals surface area contributed by atoms with E-state index in [1.54, 1.807) is 0 Å². The van der Waals surface area contributed by atoms with Gasteiger partial charge in [0, 0.05) is 11.7 Å². The van der Waals surface area contributed by atoms with Crippen LogP contribution in [-0.4, -0.2) is 36.0 Å². The van der Waals surface area contributed by atoms with Crippen LogP contribution in [-0.2, 0) is 24.8 Å². The van der Waals surface area contributed by atoms with Crippen LogP contribution in [0.2, 0.25) is 0 Å². The van der Waals surface area contributed by atoms with Gasteiger partial charge in [-0.1, -0.05) is 0 Å². The van der Waals surface area contributed by atoms with Crippen LogP contribution in [0.25, 0.3) is 0 Å². The minimum atomic E-state index is -4.02. The maximum Gasteiger partial charge on any atom is 0.349 e. The molecule has 0 atom stereocenters. The van der Waals surface area contributed by atoms with Gasteiger partial charge in [-0.05, 0) is 48.6 Å². The lowest BCUT2D eigenvalue weighted by Crippen LogP contribution is -2.25. The molecule has 26 heavy (non-hydrogen) atoms. The van der Waals surface area contributed by atoms with Crippen LogP contribution in [0.15, 0.2) is 45.5 Å². The highest BCUT2D eigenvalue weighted by Gasteiger charge is 2.28. The predicted octanol–water partition coefficient (Wildman–Crippen LogP) is 1.78. The number of carbonyl (C=O) groups excluding carboxylic acids is 1. The summed E-state index contributed by atoms with van der Waals surface area (Å²) in [6.45, 7) is 0.